The van der Waals surface area contributed by atoms with Crippen molar-refractivity contribution >= 4 is 6.09 Å². The van der Waals surface area contributed by atoms with Crippen LogP contribution in [0, 0.1) is 0 Å². The minimum absolute atomic E-state index is 0.0479. The lowest BCUT2D eigenvalue weighted by Gasteiger charge is -2.21. The SMILES string of the molecule is CC(O)=C[C@H]1CCCN1C(=O)OCc1ccccc1. The van der Waals surface area contributed by atoms with Gasteiger partial charge in [-0.2, -0.15) is 0 Å². The second-order valence-electron chi connectivity index (χ2n) is 4.75. The summed E-state index contributed by atoms with van der Waals surface area (Å²) in [5.74, 6) is 0.243. The molecule has 4 heteroatoms. The Morgan fingerprint density at radius 1 is 1.47 bits per heavy atom. The zero-order valence-electron chi connectivity index (χ0n) is 11.1. The van der Waals surface area contributed by atoms with Crippen molar-refractivity contribution in [3.05, 3.63) is 47.7 Å². The van der Waals surface area contributed by atoms with Crippen molar-refractivity contribution in [3.8, 4) is 0 Å². The van der Waals surface area contributed by atoms with Crippen LogP contribution in [0.25, 0.3) is 0 Å². The number of benzene rings is 1. The Morgan fingerprint density at radius 3 is 2.89 bits per heavy atom. The van der Waals surface area contributed by atoms with Gasteiger partial charge in [0.1, 0.15) is 6.61 Å². The molecular weight excluding hydrogens is 242 g/mol. The van der Waals surface area contributed by atoms with Gasteiger partial charge < -0.3 is 14.7 Å². The summed E-state index contributed by atoms with van der Waals surface area (Å²) in [6.07, 6.45) is 3.20. The number of carbonyl (C=O) groups excluding carboxylic acids is 1. The van der Waals surface area contributed by atoms with Crippen LogP contribution in [0.5, 0.6) is 0 Å². The van der Waals surface area contributed by atoms with E-state index in [4.69, 9.17) is 4.74 Å². The van der Waals surface area contributed by atoms with Gasteiger partial charge in [-0.1, -0.05) is 30.3 Å². The highest BCUT2D eigenvalue weighted by molar-refractivity contribution is 5.68. The molecule has 1 aliphatic rings. The largest absolute Gasteiger partial charge is 0.513 e. The Bertz CT molecular complexity index is 452. The third-order valence-electron chi connectivity index (χ3n) is 3.17. The van der Waals surface area contributed by atoms with Gasteiger partial charge in [-0.15, -0.1) is 0 Å². The molecule has 0 saturated carbocycles. The molecule has 0 bridgehead atoms. The first-order chi connectivity index (χ1) is 9.16. The lowest BCUT2D eigenvalue weighted by molar-refractivity contribution is 0.0971. The molecule has 1 amide bonds. The van der Waals surface area contributed by atoms with E-state index in [2.05, 4.69) is 0 Å². The molecule has 19 heavy (non-hydrogen) atoms. The summed E-state index contributed by atoms with van der Waals surface area (Å²) < 4.78 is 5.30. The van der Waals surface area contributed by atoms with E-state index in [0.29, 0.717) is 6.54 Å². The molecule has 2 rings (SSSR count). The summed E-state index contributed by atoms with van der Waals surface area (Å²) >= 11 is 0. The molecule has 0 radical (unpaired) electrons. The zero-order chi connectivity index (χ0) is 13.7. The lowest BCUT2D eigenvalue weighted by Crippen LogP contribution is -2.34. The quantitative estimate of drug-likeness (QED) is 0.850. The maximum absolute atomic E-state index is 12.0. The van der Waals surface area contributed by atoms with E-state index < -0.39 is 0 Å². The van der Waals surface area contributed by atoms with Crippen molar-refractivity contribution in [1.82, 2.24) is 4.90 Å². The molecule has 4 nitrogen and oxygen atoms in total. The summed E-state index contributed by atoms with van der Waals surface area (Å²) in [5.41, 5.74) is 0.973. The lowest BCUT2D eigenvalue weighted by atomic mass is 10.2. The molecule has 1 fully saturated rings. The van der Waals surface area contributed by atoms with Gasteiger partial charge in [-0.05, 0) is 31.4 Å². The minimum atomic E-state index is -0.316. The Balaban J connectivity index is 1.91. The summed E-state index contributed by atoms with van der Waals surface area (Å²) in [7, 11) is 0. The van der Waals surface area contributed by atoms with Gasteiger partial charge in [-0.3, -0.25) is 0 Å². The van der Waals surface area contributed by atoms with Crippen molar-refractivity contribution < 1.29 is 14.6 Å². The van der Waals surface area contributed by atoms with Crippen molar-refractivity contribution in [3.63, 3.8) is 0 Å². The Hall–Kier alpha value is -1.97. The molecule has 1 aromatic carbocycles. The molecule has 0 unspecified atom stereocenters. The number of hydrogen-bond donors (Lipinski definition) is 1. The van der Waals surface area contributed by atoms with Crippen LogP contribution in [-0.4, -0.2) is 28.7 Å². The van der Waals surface area contributed by atoms with Crippen molar-refractivity contribution in [2.75, 3.05) is 6.54 Å². The van der Waals surface area contributed by atoms with E-state index in [9.17, 15) is 9.90 Å². The van der Waals surface area contributed by atoms with E-state index in [1.54, 1.807) is 17.9 Å². The van der Waals surface area contributed by atoms with Crippen molar-refractivity contribution in [2.24, 2.45) is 0 Å². The molecule has 0 aliphatic carbocycles. The number of nitrogens with zero attached hydrogens (tertiary/aromatic N) is 1. The van der Waals surface area contributed by atoms with E-state index in [0.717, 1.165) is 18.4 Å². The van der Waals surface area contributed by atoms with Crippen LogP contribution in [0.4, 0.5) is 4.79 Å². The molecule has 1 saturated heterocycles. The summed E-state index contributed by atoms with van der Waals surface area (Å²) in [6.45, 7) is 2.58. The molecule has 1 atom stereocenters. The molecule has 1 N–H and O–H groups in total. The van der Waals surface area contributed by atoms with Crippen LogP contribution in [0.3, 0.4) is 0 Å². The standard InChI is InChI=1S/C15H19NO3/c1-12(17)10-14-8-5-9-16(14)15(18)19-11-13-6-3-2-4-7-13/h2-4,6-7,10,14,17H,5,8-9,11H2,1H3/t14-/m1/s1. The van der Waals surface area contributed by atoms with Crippen molar-refractivity contribution in [2.45, 2.75) is 32.4 Å². The smallest absolute Gasteiger partial charge is 0.410 e. The third-order valence-corrected chi connectivity index (χ3v) is 3.17. The predicted octanol–water partition coefficient (Wildman–Crippen LogP) is 3.25. The number of ether oxygens (including phenoxy) is 1. The van der Waals surface area contributed by atoms with Crippen LogP contribution in [0.2, 0.25) is 0 Å². The molecule has 1 aliphatic heterocycles. The maximum atomic E-state index is 12.0. The van der Waals surface area contributed by atoms with E-state index >= 15 is 0 Å². The number of hydrogen-bond acceptors (Lipinski definition) is 3. The van der Waals surface area contributed by atoms with E-state index in [-0.39, 0.29) is 24.5 Å². The number of likely N-dealkylation sites (tertiary alicyclic amines) is 1. The Morgan fingerprint density at radius 2 is 2.21 bits per heavy atom. The molecular formula is C15H19NO3. The fourth-order valence-corrected chi connectivity index (χ4v) is 2.27. The fraction of sp³-hybridized carbons (Fsp3) is 0.400. The van der Waals surface area contributed by atoms with Gasteiger partial charge in [0.2, 0.25) is 0 Å². The summed E-state index contributed by atoms with van der Waals surface area (Å²) in [4.78, 5) is 13.7. The fourth-order valence-electron chi connectivity index (χ4n) is 2.27. The van der Waals surface area contributed by atoms with Gasteiger partial charge in [-0.25, -0.2) is 4.79 Å². The molecule has 0 aromatic heterocycles. The van der Waals surface area contributed by atoms with Crippen LogP contribution in [-0.2, 0) is 11.3 Å². The first kappa shape index (κ1) is 13.5. The van der Waals surface area contributed by atoms with Crippen LogP contribution < -0.4 is 0 Å². The van der Waals surface area contributed by atoms with Crippen LogP contribution in [0.15, 0.2) is 42.2 Å². The predicted molar refractivity (Wildman–Crippen MR) is 72.7 cm³/mol. The van der Waals surface area contributed by atoms with Crippen LogP contribution >= 0.6 is 0 Å². The highest BCUT2D eigenvalue weighted by Crippen LogP contribution is 2.20. The number of amides is 1. The number of aliphatic hydroxyl groups is 1. The Labute approximate surface area is 113 Å². The molecule has 1 heterocycles. The van der Waals surface area contributed by atoms with Gasteiger partial charge >= 0.3 is 6.09 Å². The molecule has 102 valence electrons. The second kappa shape index (κ2) is 6.27. The molecule has 0 spiro atoms. The third kappa shape index (κ3) is 3.74. The van der Waals surface area contributed by atoms with Gasteiger partial charge in [0, 0.05) is 6.54 Å². The van der Waals surface area contributed by atoms with Gasteiger partial charge in [0.15, 0.2) is 0 Å². The monoisotopic (exact) mass is 261 g/mol. The zero-order valence-corrected chi connectivity index (χ0v) is 11.1. The average Bonchev–Trinajstić information content (AvgIpc) is 2.84. The number of allylic oxidation sites excluding steroid dienone is 1. The van der Waals surface area contributed by atoms with E-state index in [1.807, 2.05) is 30.3 Å². The first-order valence-electron chi connectivity index (χ1n) is 6.51. The highest BCUT2D eigenvalue weighted by atomic mass is 16.6. The average molecular weight is 261 g/mol. The van der Waals surface area contributed by atoms with Gasteiger partial charge in [0.25, 0.3) is 0 Å². The number of rotatable bonds is 3. The van der Waals surface area contributed by atoms with Crippen molar-refractivity contribution in [1.29, 1.82) is 0 Å². The van der Waals surface area contributed by atoms with Gasteiger partial charge in [0.05, 0.1) is 11.8 Å². The second-order valence-corrected chi connectivity index (χ2v) is 4.75. The minimum Gasteiger partial charge on any atom is -0.513 e. The topological polar surface area (TPSA) is 49.8 Å². The maximum Gasteiger partial charge on any atom is 0.410 e. The highest BCUT2D eigenvalue weighted by Gasteiger charge is 2.28. The summed E-state index contributed by atoms with van der Waals surface area (Å²) in [5, 5.41) is 9.30. The normalized spacial score (nSPS) is 19.5. The summed E-state index contributed by atoms with van der Waals surface area (Å²) in [6, 6.07) is 9.56. The molecule has 1 aromatic rings. The Kier molecular flexibility index (Phi) is 4.44. The van der Waals surface area contributed by atoms with Crippen LogP contribution in [0.1, 0.15) is 25.3 Å². The number of aliphatic hydroxyl groups excluding tert-OH is 1. The number of carbonyl (C=O) groups is 1. The van der Waals surface area contributed by atoms with E-state index in [1.165, 1.54) is 0 Å². The first-order valence-corrected chi connectivity index (χ1v) is 6.51.